The Kier molecular flexibility index (Phi) is 4.57. The lowest BCUT2D eigenvalue weighted by molar-refractivity contribution is 0.0696. The molecule has 4 N–H and O–H groups in total. The van der Waals surface area contributed by atoms with Crippen LogP contribution in [0.1, 0.15) is 20.7 Å². The Hall–Kier alpha value is -2.58. The Morgan fingerprint density at radius 2 is 1.83 bits per heavy atom. The summed E-state index contributed by atoms with van der Waals surface area (Å²) in [6.07, 6.45) is 0. The molecule has 0 unspecified atom stereocenters. The van der Waals surface area contributed by atoms with Crippen molar-refractivity contribution >= 4 is 39.2 Å². The summed E-state index contributed by atoms with van der Waals surface area (Å²) in [4.78, 5) is 21.9. The van der Waals surface area contributed by atoms with E-state index >= 15 is 0 Å². The first-order chi connectivity index (χ1) is 10.7. The summed E-state index contributed by atoms with van der Waals surface area (Å²) in [7, 11) is -4.03. The molecule has 2 rings (SSSR count). The van der Waals surface area contributed by atoms with E-state index in [0.717, 1.165) is 6.07 Å². The second kappa shape index (κ2) is 6.27. The minimum Gasteiger partial charge on any atom is -0.478 e. The highest BCUT2D eigenvalue weighted by atomic mass is 35.5. The molecule has 0 fully saturated rings. The molecule has 0 spiro atoms. The molecule has 0 heterocycles. The number of aromatic carboxylic acids is 1. The molecule has 0 radical (unpaired) electrons. The first-order valence-electron chi connectivity index (χ1n) is 6.16. The van der Waals surface area contributed by atoms with Gasteiger partial charge in [-0.2, -0.15) is 0 Å². The topological polar surface area (TPSA) is 127 Å². The summed E-state index contributed by atoms with van der Waals surface area (Å²) in [6, 6.07) is 8.74. The van der Waals surface area contributed by atoms with Gasteiger partial charge in [0.15, 0.2) is 0 Å². The lowest BCUT2D eigenvalue weighted by atomic mass is 10.2. The largest absolute Gasteiger partial charge is 0.478 e. The third-order valence-electron chi connectivity index (χ3n) is 2.88. The van der Waals surface area contributed by atoms with E-state index in [-0.39, 0.29) is 26.7 Å². The van der Waals surface area contributed by atoms with Crippen LogP contribution in [-0.2, 0) is 10.0 Å². The van der Waals surface area contributed by atoms with Crippen molar-refractivity contribution in [2.24, 2.45) is 5.73 Å². The van der Waals surface area contributed by atoms with Crippen LogP contribution in [0.5, 0.6) is 0 Å². The van der Waals surface area contributed by atoms with E-state index in [1.54, 1.807) is 0 Å². The van der Waals surface area contributed by atoms with Gasteiger partial charge in [0.25, 0.3) is 10.0 Å². The molecule has 1 amide bonds. The molecule has 7 nitrogen and oxygen atoms in total. The van der Waals surface area contributed by atoms with E-state index in [1.165, 1.54) is 36.4 Å². The fourth-order valence-corrected chi connectivity index (χ4v) is 3.09. The molecule has 0 aliphatic carbocycles. The first-order valence-corrected chi connectivity index (χ1v) is 8.02. The number of carboxylic acids is 1. The van der Waals surface area contributed by atoms with Crippen molar-refractivity contribution in [1.82, 2.24) is 0 Å². The molecule has 0 aromatic heterocycles. The van der Waals surface area contributed by atoms with Crippen LogP contribution in [0.3, 0.4) is 0 Å². The van der Waals surface area contributed by atoms with Crippen LogP contribution < -0.4 is 10.5 Å². The highest BCUT2D eigenvalue weighted by Crippen LogP contribution is 2.23. The summed E-state index contributed by atoms with van der Waals surface area (Å²) in [5, 5.41) is 9.00. The molecule has 0 saturated heterocycles. The molecule has 23 heavy (non-hydrogen) atoms. The molecule has 0 bridgehead atoms. The molecule has 0 atom stereocenters. The third kappa shape index (κ3) is 3.79. The minimum atomic E-state index is -4.03. The predicted molar refractivity (Wildman–Crippen MR) is 84.2 cm³/mol. The number of anilines is 1. The van der Waals surface area contributed by atoms with Crippen LogP contribution in [0, 0.1) is 0 Å². The average molecular weight is 355 g/mol. The second-order valence-corrected chi connectivity index (χ2v) is 6.59. The van der Waals surface area contributed by atoms with Crippen molar-refractivity contribution in [3.05, 3.63) is 58.6 Å². The number of carbonyl (C=O) groups excluding carboxylic acids is 1. The number of nitrogens with one attached hydrogen (secondary N) is 1. The van der Waals surface area contributed by atoms with E-state index < -0.39 is 21.9 Å². The normalized spacial score (nSPS) is 11.0. The number of hydrogen-bond acceptors (Lipinski definition) is 4. The number of halogens is 1. The monoisotopic (exact) mass is 354 g/mol. The lowest BCUT2D eigenvalue weighted by Crippen LogP contribution is -2.16. The number of rotatable bonds is 5. The van der Waals surface area contributed by atoms with Gasteiger partial charge in [0.05, 0.1) is 21.0 Å². The van der Waals surface area contributed by atoms with Gasteiger partial charge in [-0.1, -0.05) is 17.7 Å². The van der Waals surface area contributed by atoms with Gasteiger partial charge in [-0.3, -0.25) is 9.52 Å². The van der Waals surface area contributed by atoms with Crippen molar-refractivity contribution in [1.29, 1.82) is 0 Å². The summed E-state index contributed by atoms with van der Waals surface area (Å²) in [6.45, 7) is 0. The molecule has 2 aromatic carbocycles. The zero-order valence-corrected chi connectivity index (χ0v) is 13.1. The molecular formula is C14H11ClN2O5S. The van der Waals surface area contributed by atoms with Crippen LogP contribution in [-0.4, -0.2) is 25.4 Å². The van der Waals surface area contributed by atoms with Crippen LogP contribution in [0.25, 0.3) is 0 Å². The van der Waals surface area contributed by atoms with Crippen LogP contribution in [0.2, 0.25) is 5.02 Å². The molecule has 0 aliphatic heterocycles. The first kappa shape index (κ1) is 16.8. The number of amides is 1. The van der Waals surface area contributed by atoms with Gasteiger partial charge in [0, 0.05) is 5.69 Å². The highest BCUT2D eigenvalue weighted by molar-refractivity contribution is 7.92. The van der Waals surface area contributed by atoms with Crippen molar-refractivity contribution < 1.29 is 23.1 Å². The fourth-order valence-electron chi connectivity index (χ4n) is 1.79. The smallest absolute Gasteiger partial charge is 0.335 e. The van der Waals surface area contributed by atoms with Gasteiger partial charge in [-0.15, -0.1) is 0 Å². The van der Waals surface area contributed by atoms with Gasteiger partial charge in [-0.05, 0) is 36.4 Å². The molecule has 0 aliphatic rings. The van der Waals surface area contributed by atoms with E-state index in [9.17, 15) is 18.0 Å². The molecular weight excluding hydrogens is 344 g/mol. The van der Waals surface area contributed by atoms with Gasteiger partial charge in [0.2, 0.25) is 5.91 Å². The second-order valence-electron chi connectivity index (χ2n) is 4.50. The maximum absolute atomic E-state index is 12.3. The lowest BCUT2D eigenvalue weighted by Gasteiger charge is -2.10. The van der Waals surface area contributed by atoms with Crippen molar-refractivity contribution in [2.75, 3.05) is 4.72 Å². The average Bonchev–Trinajstić information content (AvgIpc) is 2.49. The maximum Gasteiger partial charge on any atom is 0.335 e. The molecule has 2 aromatic rings. The van der Waals surface area contributed by atoms with Crippen molar-refractivity contribution in [3.63, 3.8) is 0 Å². The van der Waals surface area contributed by atoms with Gasteiger partial charge in [-0.25, -0.2) is 13.2 Å². The molecule has 0 saturated carbocycles. The highest BCUT2D eigenvalue weighted by Gasteiger charge is 2.17. The summed E-state index contributed by atoms with van der Waals surface area (Å²) < 4.78 is 26.8. The Morgan fingerprint density at radius 1 is 1.13 bits per heavy atom. The Bertz CT molecular complexity index is 896. The van der Waals surface area contributed by atoms with E-state index in [4.69, 9.17) is 22.4 Å². The number of carboxylic acid groups (broad SMARTS) is 1. The van der Waals surface area contributed by atoms with Gasteiger partial charge < -0.3 is 10.8 Å². The third-order valence-corrected chi connectivity index (χ3v) is 4.58. The maximum atomic E-state index is 12.3. The summed E-state index contributed by atoms with van der Waals surface area (Å²) in [5.74, 6) is -2.05. The molecule has 9 heteroatoms. The number of nitrogens with two attached hydrogens (primary N) is 1. The van der Waals surface area contributed by atoms with Crippen LogP contribution >= 0.6 is 11.6 Å². The van der Waals surface area contributed by atoms with Gasteiger partial charge >= 0.3 is 5.97 Å². The number of hydrogen-bond donors (Lipinski definition) is 3. The van der Waals surface area contributed by atoms with Crippen LogP contribution in [0.15, 0.2) is 47.4 Å². The Balaban J connectivity index is 2.39. The minimum absolute atomic E-state index is 0.0360. The van der Waals surface area contributed by atoms with Crippen LogP contribution in [0.4, 0.5) is 5.69 Å². The van der Waals surface area contributed by atoms with Crippen molar-refractivity contribution in [3.8, 4) is 0 Å². The Labute approximate surface area is 136 Å². The summed E-state index contributed by atoms with van der Waals surface area (Å²) >= 11 is 5.79. The number of sulfonamides is 1. The number of carbonyl (C=O) groups is 2. The predicted octanol–water partition coefficient (Wildman–Crippen LogP) is 1.94. The quantitative estimate of drug-likeness (QED) is 0.756. The van der Waals surface area contributed by atoms with E-state index in [1.807, 2.05) is 0 Å². The fraction of sp³-hybridized carbons (Fsp3) is 0. The standard InChI is InChI=1S/C14H11ClN2O5S/c15-12-5-4-9(7-11(12)13(16)18)17-23(21,22)10-3-1-2-8(6-10)14(19)20/h1-7,17H,(H2,16,18)(H,19,20). The zero-order chi connectivity index (χ0) is 17.2. The number of primary amides is 1. The van der Waals surface area contributed by atoms with Gasteiger partial charge in [0.1, 0.15) is 0 Å². The summed E-state index contributed by atoms with van der Waals surface area (Å²) in [5.41, 5.74) is 5.02. The van der Waals surface area contributed by atoms with E-state index in [2.05, 4.69) is 4.72 Å². The zero-order valence-electron chi connectivity index (χ0n) is 11.5. The number of benzene rings is 2. The SMILES string of the molecule is NC(=O)c1cc(NS(=O)(=O)c2cccc(C(=O)O)c2)ccc1Cl. The van der Waals surface area contributed by atoms with Crippen molar-refractivity contribution in [2.45, 2.75) is 4.90 Å². The Morgan fingerprint density at radius 3 is 2.43 bits per heavy atom. The molecule has 120 valence electrons. The van der Waals surface area contributed by atoms with E-state index in [0.29, 0.717) is 0 Å².